The number of benzene rings is 1. The molecule has 0 saturated carbocycles. The van der Waals surface area contributed by atoms with Gasteiger partial charge >= 0.3 is 6.30 Å². The third-order valence-corrected chi connectivity index (χ3v) is 5.28. The van der Waals surface area contributed by atoms with Crippen LogP contribution < -0.4 is 5.32 Å². The summed E-state index contributed by atoms with van der Waals surface area (Å²) in [6.07, 6.45) is -3.37. The topological polar surface area (TPSA) is 31.4 Å². The lowest BCUT2D eigenvalue weighted by atomic mass is 10.1. The van der Waals surface area contributed by atoms with Crippen molar-refractivity contribution in [2.24, 2.45) is 0 Å². The number of nitrogens with zero attached hydrogens (tertiary/aromatic N) is 3. The van der Waals surface area contributed by atoms with E-state index in [1.807, 2.05) is 24.6 Å². The zero-order chi connectivity index (χ0) is 17.9. The lowest BCUT2D eigenvalue weighted by Crippen LogP contribution is -2.52. The molecule has 8 heteroatoms. The third kappa shape index (κ3) is 4.71. The van der Waals surface area contributed by atoms with Crippen LogP contribution in [0.1, 0.15) is 5.56 Å². The number of anilines is 1. The van der Waals surface area contributed by atoms with Gasteiger partial charge in [0.2, 0.25) is 0 Å². The molecule has 1 N–H and O–H groups in total. The summed E-state index contributed by atoms with van der Waals surface area (Å²) in [5, 5.41) is 5.93. The quantitative estimate of drug-likeness (QED) is 0.816. The molecule has 1 saturated heterocycles. The maximum absolute atomic E-state index is 12.6. The molecule has 4 nitrogen and oxygen atoms in total. The van der Waals surface area contributed by atoms with E-state index in [0.717, 1.165) is 29.4 Å². The molecule has 0 amide bonds. The Labute approximate surface area is 149 Å². The number of hydrogen-bond donors (Lipinski definition) is 1. The normalized spacial score (nSPS) is 17.0. The second-order valence-corrected chi connectivity index (χ2v) is 6.89. The van der Waals surface area contributed by atoms with Gasteiger partial charge in [0, 0.05) is 50.7 Å². The van der Waals surface area contributed by atoms with Crippen LogP contribution in [0.2, 0.25) is 0 Å². The molecule has 1 aromatic carbocycles. The lowest BCUT2D eigenvalue weighted by molar-refractivity contribution is -0.252. The highest BCUT2D eigenvalue weighted by Gasteiger charge is 2.38. The van der Waals surface area contributed by atoms with Gasteiger partial charge in [-0.1, -0.05) is 24.3 Å². The van der Waals surface area contributed by atoms with Crippen molar-refractivity contribution in [1.82, 2.24) is 14.8 Å². The average molecular weight is 370 g/mol. The molecule has 0 atom stereocenters. The van der Waals surface area contributed by atoms with Gasteiger partial charge in [0.15, 0.2) is 5.13 Å². The van der Waals surface area contributed by atoms with Crippen LogP contribution in [0, 0.1) is 0 Å². The predicted octanol–water partition coefficient (Wildman–Crippen LogP) is 3.53. The predicted molar refractivity (Wildman–Crippen MR) is 94.9 cm³/mol. The Bertz CT molecular complexity index is 676. The Kier molecular flexibility index (Phi) is 5.61. The molecule has 1 fully saturated rings. The van der Waals surface area contributed by atoms with E-state index in [2.05, 4.69) is 27.3 Å². The minimum atomic E-state index is -4.20. The van der Waals surface area contributed by atoms with Crippen LogP contribution in [0.5, 0.6) is 0 Å². The Hall–Kier alpha value is -1.64. The number of alkyl halides is 3. The fourth-order valence-corrected chi connectivity index (χ4v) is 3.56. The SMILES string of the molecule is CNc1nc(-c2ccc(CCN3CCN(C(F)(F)F)CC3)cc2)cs1. The summed E-state index contributed by atoms with van der Waals surface area (Å²) in [6.45, 7) is 1.82. The average Bonchev–Trinajstić information content (AvgIpc) is 3.09. The van der Waals surface area contributed by atoms with Crippen molar-refractivity contribution in [3.05, 3.63) is 35.2 Å². The van der Waals surface area contributed by atoms with Gasteiger partial charge in [0.1, 0.15) is 0 Å². The van der Waals surface area contributed by atoms with Crippen LogP contribution in [-0.4, -0.2) is 60.9 Å². The molecule has 1 aromatic heterocycles. The molecule has 2 aromatic rings. The lowest BCUT2D eigenvalue weighted by Gasteiger charge is -2.35. The second kappa shape index (κ2) is 7.72. The first-order valence-electron chi connectivity index (χ1n) is 8.22. The molecule has 136 valence electrons. The van der Waals surface area contributed by atoms with Gasteiger partial charge < -0.3 is 10.2 Å². The maximum Gasteiger partial charge on any atom is 0.460 e. The molecule has 2 heterocycles. The molecule has 0 spiro atoms. The van der Waals surface area contributed by atoms with Crippen LogP contribution >= 0.6 is 11.3 Å². The summed E-state index contributed by atoms with van der Waals surface area (Å²) >= 11 is 1.57. The Morgan fingerprint density at radius 2 is 1.80 bits per heavy atom. The van der Waals surface area contributed by atoms with Crippen molar-refractivity contribution in [3.63, 3.8) is 0 Å². The molecule has 0 unspecified atom stereocenters. The summed E-state index contributed by atoms with van der Waals surface area (Å²) in [7, 11) is 1.85. The minimum Gasteiger partial charge on any atom is -0.365 e. The van der Waals surface area contributed by atoms with Crippen molar-refractivity contribution in [2.45, 2.75) is 12.7 Å². The summed E-state index contributed by atoms with van der Waals surface area (Å²) in [6, 6.07) is 8.23. The Morgan fingerprint density at radius 3 is 2.36 bits per heavy atom. The molecule has 1 aliphatic heterocycles. The van der Waals surface area contributed by atoms with Crippen LogP contribution in [-0.2, 0) is 6.42 Å². The van der Waals surface area contributed by atoms with E-state index in [0.29, 0.717) is 18.0 Å². The highest BCUT2D eigenvalue weighted by Crippen LogP contribution is 2.25. The van der Waals surface area contributed by atoms with E-state index in [1.165, 1.54) is 5.56 Å². The van der Waals surface area contributed by atoms with Gasteiger partial charge in [0.05, 0.1) is 5.69 Å². The number of piperazine rings is 1. The summed E-state index contributed by atoms with van der Waals surface area (Å²) in [4.78, 5) is 7.16. The van der Waals surface area contributed by atoms with Crippen LogP contribution in [0.15, 0.2) is 29.6 Å². The fourth-order valence-electron chi connectivity index (χ4n) is 2.88. The standard InChI is InChI=1S/C17H21F3N4S/c1-21-16-22-15(12-25-16)14-4-2-13(3-5-14)6-7-23-8-10-24(11-9-23)17(18,19)20/h2-5,12H,6-11H2,1H3,(H,21,22). The fraction of sp³-hybridized carbons (Fsp3) is 0.471. The highest BCUT2D eigenvalue weighted by atomic mass is 32.1. The number of aromatic nitrogens is 1. The summed E-state index contributed by atoms with van der Waals surface area (Å²) < 4.78 is 37.9. The zero-order valence-electron chi connectivity index (χ0n) is 14.0. The third-order valence-electron chi connectivity index (χ3n) is 4.42. The van der Waals surface area contributed by atoms with Gasteiger partial charge in [-0.05, 0) is 12.0 Å². The summed E-state index contributed by atoms with van der Waals surface area (Å²) in [5.41, 5.74) is 3.20. The van der Waals surface area contributed by atoms with Gasteiger partial charge in [0.25, 0.3) is 0 Å². The monoisotopic (exact) mass is 370 g/mol. The first-order chi connectivity index (χ1) is 12.0. The smallest absolute Gasteiger partial charge is 0.365 e. The molecule has 0 radical (unpaired) electrons. The molecule has 25 heavy (non-hydrogen) atoms. The highest BCUT2D eigenvalue weighted by molar-refractivity contribution is 7.14. The Balaban J connectivity index is 1.49. The molecule has 0 bridgehead atoms. The van der Waals surface area contributed by atoms with E-state index in [9.17, 15) is 13.2 Å². The minimum absolute atomic E-state index is 0.0556. The molecular formula is C17H21F3N4S. The largest absolute Gasteiger partial charge is 0.460 e. The van der Waals surface area contributed by atoms with E-state index in [4.69, 9.17) is 0 Å². The van der Waals surface area contributed by atoms with E-state index in [-0.39, 0.29) is 13.1 Å². The molecule has 3 rings (SSSR count). The van der Waals surface area contributed by atoms with Gasteiger partial charge in [-0.3, -0.25) is 0 Å². The molecular weight excluding hydrogens is 349 g/mol. The zero-order valence-corrected chi connectivity index (χ0v) is 14.8. The molecule has 1 aliphatic rings. The number of halogens is 3. The molecule has 0 aliphatic carbocycles. The van der Waals surface area contributed by atoms with Crippen LogP contribution in [0.25, 0.3) is 11.3 Å². The van der Waals surface area contributed by atoms with Crippen LogP contribution in [0.4, 0.5) is 18.3 Å². The first-order valence-corrected chi connectivity index (χ1v) is 9.10. The first kappa shape index (κ1) is 18.2. The number of nitrogens with one attached hydrogen (secondary N) is 1. The van der Waals surface area contributed by atoms with Crippen LogP contribution in [0.3, 0.4) is 0 Å². The van der Waals surface area contributed by atoms with Crippen molar-refractivity contribution >= 4 is 16.5 Å². The van der Waals surface area contributed by atoms with Crippen molar-refractivity contribution < 1.29 is 13.2 Å². The van der Waals surface area contributed by atoms with Gasteiger partial charge in [-0.15, -0.1) is 11.3 Å². The maximum atomic E-state index is 12.6. The van der Waals surface area contributed by atoms with Gasteiger partial charge in [-0.25, -0.2) is 9.88 Å². The Morgan fingerprint density at radius 1 is 1.12 bits per heavy atom. The number of thiazole rings is 1. The van der Waals surface area contributed by atoms with E-state index >= 15 is 0 Å². The van der Waals surface area contributed by atoms with Crippen molar-refractivity contribution in [1.29, 1.82) is 0 Å². The van der Waals surface area contributed by atoms with E-state index in [1.54, 1.807) is 11.3 Å². The second-order valence-electron chi connectivity index (χ2n) is 6.03. The van der Waals surface area contributed by atoms with Crippen molar-refractivity contribution in [2.75, 3.05) is 45.1 Å². The van der Waals surface area contributed by atoms with E-state index < -0.39 is 6.30 Å². The number of hydrogen-bond acceptors (Lipinski definition) is 5. The van der Waals surface area contributed by atoms with Crippen molar-refractivity contribution in [3.8, 4) is 11.3 Å². The van der Waals surface area contributed by atoms with Gasteiger partial charge in [-0.2, -0.15) is 13.2 Å². The summed E-state index contributed by atoms with van der Waals surface area (Å²) in [5.74, 6) is 0. The number of rotatable bonds is 5.